The molecule has 1 heterocycles. The van der Waals surface area contributed by atoms with Crippen LogP contribution in [0.2, 0.25) is 0 Å². The minimum Gasteiger partial charge on any atom is -0.273 e. The van der Waals surface area contributed by atoms with Crippen LogP contribution in [0.25, 0.3) is 0 Å². The van der Waals surface area contributed by atoms with E-state index < -0.39 is 15.9 Å². The van der Waals surface area contributed by atoms with Crippen LogP contribution in [0.15, 0.2) is 40.6 Å². The molecule has 2 rings (SSSR count). The Morgan fingerprint density at radius 3 is 2.25 bits per heavy atom. The fraction of sp³-hybridized carbons (Fsp3) is 0.154. The van der Waals surface area contributed by atoms with E-state index in [9.17, 15) is 13.2 Å². The van der Waals surface area contributed by atoms with Gasteiger partial charge in [-0.3, -0.25) is 10.2 Å². The van der Waals surface area contributed by atoms with E-state index in [1.54, 1.807) is 30.3 Å². The number of hydrogen-bond acceptors (Lipinski definition) is 4. The SMILES string of the molecule is Cc1ccc(C(=O)NNS(=O)(=O)c2ccc(C)s2)cc1. The van der Waals surface area contributed by atoms with Crippen molar-refractivity contribution in [3.05, 3.63) is 52.4 Å². The Morgan fingerprint density at radius 2 is 1.70 bits per heavy atom. The first-order chi connectivity index (χ1) is 9.38. The highest BCUT2D eigenvalue weighted by Crippen LogP contribution is 2.19. The first kappa shape index (κ1) is 14.7. The standard InChI is InChI=1S/C13H14N2O3S2/c1-9-3-6-11(7-4-9)13(16)14-15-20(17,18)12-8-5-10(2)19-12/h3-8,15H,1-2H3,(H,14,16). The number of hydrazine groups is 1. The number of sulfonamides is 1. The van der Waals surface area contributed by atoms with Crippen molar-refractivity contribution >= 4 is 27.3 Å². The van der Waals surface area contributed by atoms with E-state index in [4.69, 9.17) is 0 Å². The monoisotopic (exact) mass is 310 g/mol. The number of hydrogen-bond donors (Lipinski definition) is 2. The third kappa shape index (κ3) is 3.44. The van der Waals surface area contributed by atoms with Gasteiger partial charge in [0.25, 0.3) is 15.9 Å². The van der Waals surface area contributed by atoms with Crippen molar-refractivity contribution in [3.8, 4) is 0 Å². The summed E-state index contributed by atoms with van der Waals surface area (Å²) in [6, 6.07) is 10.0. The van der Waals surface area contributed by atoms with E-state index in [-0.39, 0.29) is 4.21 Å². The van der Waals surface area contributed by atoms with E-state index in [0.29, 0.717) is 5.56 Å². The highest BCUT2D eigenvalue weighted by molar-refractivity contribution is 7.91. The van der Waals surface area contributed by atoms with Gasteiger partial charge in [-0.05, 0) is 38.1 Å². The van der Waals surface area contributed by atoms with Crippen LogP contribution in [0, 0.1) is 13.8 Å². The van der Waals surface area contributed by atoms with Crippen LogP contribution in [0.3, 0.4) is 0 Å². The summed E-state index contributed by atoms with van der Waals surface area (Å²) in [7, 11) is -3.71. The van der Waals surface area contributed by atoms with E-state index in [1.807, 2.05) is 13.8 Å². The van der Waals surface area contributed by atoms with Gasteiger partial charge in [0.05, 0.1) is 0 Å². The fourth-order valence-corrected chi connectivity index (χ4v) is 3.62. The molecule has 0 aliphatic carbocycles. The lowest BCUT2D eigenvalue weighted by atomic mass is 10.1. The Labute approximate surface area is 121 Å². The first-order valence-electron chi connectivity index (χ1n) is 5.84. The highest BCUT2D eigenvalue weighted by Gasteiger charge is 2.17. The lowest BCUT2D eigenvalue weighted by molar-refractivity contribution is 0.0945. The molecule has 20 heavy (non-hydrogen) atoms. The summed E-state index contributed by atoms with van der Waals surface area (Å²) in [4.78, 5) is 14.8. The second-order valence-corrected chi connectivity index (χ2v) is 7.49. The molecule has 0 fully saturated rings. The van der Waals surface area contributed by atoms with Crippen LogP contribution in [-0.2, 0) is 10.0 Å². The molecule has 2 aromatic rings. The zero-order chi connectivity index (χ0) is 14.8. The van der Waals surface area contributed by atoms with Crippen molar-refractivity contribution < 1.29 is 13.2 Å². The Bertz CT molecular complexity index is 718. The van der Waals surface area contributed by atoms with Gasteiger partial charge in [0.1, 0.15) is 4.21 Å². The Kier molecular flexibility index (Phi) is 4.22. The smallest absolute Gasteiger partial charge is 0.266 e. The van der Waals surface area contributed by atoms with E-state index in [0.717, 1.165) is 21.8 Å². The lowest BCUT2D eigenvalue weighted by Gasteiger charge is -2.07. The summed E-state index contributed by atoms with van der Waals surface area (Å²) in [6.45, 7) is 3.72. The second-order valence-electron chi connectivity index (χ2n) is 4.29. The highest BCUT2D eigenvalue weighted by atomic mass is 32.2. The van der Waals surface area contributed by atoms with Gasteiger partial charge in [-0.2, -0.15) is 0 Å². The largest absolute Gasteiger partial charge is 0.273 e. The molecule has 1 aromatic heterocycles. The number of rotatable bonds is 4. The fourth-order valence-electron chi connectivity index (χ4n) is 1.50. The summed E-state index contributed by atoms with van der Waals surface area (Å²) in [5.41, 5.74) is 3.61. The predicted octanol–water partition coefficient (Wildman–Crippen LogP) is 1.99. The van der Waals surface area contributed by atoms with Gasteiger partial charge >= 0.3 is 0 Å². The van der Waals surface area contributed by atoms with Gasteiger partial charge in [0, 0.05) is 10.4 Å². The van der Waals surface area contributed by atoms with Crippen molar-refractivity contribution in [2.24, 2.45) is 0 Å². The average Bonchev–Trinajstić information content (AvgIpc) is 2.84. The third-order valence-electron chi connectivity index (χ3n) is 2.59. The molecule has 0 aliphatic rings. The molecule has 2 N–H and O–H groups in total. The zero-order valence-electron chi connectivity index (χ0n) is 11.0. The van der Waals surface area contributed by atoms with Gasteiger partial charge < -0.3 is 0 Å². The normalized spacial score (nSPS) is 11.3. The van der Waals surface area contributed by atoms with Gasteiger partial charge in [-0.25, -0.2) is 8.42 Å². The Hall–Kier alpha value is -1.70. The summed E-state index contributed by atoms with van der Waals surface area (Å²) < 4.78 is 24.0. The van der Waals surface area contributed by atoms with E-state index in [1.165, 1.54) is 6.07 Å². The maximum absolute atomic E-state index is 11.9. The van der Waals surface area contributed by atoms with Crippen LogP contribution in [0.4, 0.5) is 0 Å². The van der Waals surface area contributed by atoms with Crippen molar-refractivity contribution in [1.29, 1.82) is 0 Å². The molecular formula is C13H14N2O3S2. The summed E-state index contributed by atoms with van der Waals surface area (Å²) in [6.07, 6.45) is 0. The molecule has 1 amide bonds. The third-order valence-corrected chi connectivity index (χ3v) is 5.33. The van der Waals surface area contributed by atoms with Crippen LogP contribution in [0.1, 0.15) is 20.8 Å². The molecule has 0 bridgehead atoms. The maximum Gasteiger partial charge on any atom is 0.266 e. The molecule has 0 atom stereocenters. The average molecular weight is 310 g/mol. The van der Waals surface area contributed by atoms with E-state index in [2.05, 4.69) is 10.3 Å². The van der Waals surface area contributed by atoms with Crippen LogP contribution in [0.5, 0.6) is 0 Å². The van der Waals surface area contributed by atoms with Crippen molar-refractivity contribution in [2.75, 3.05) is 0 Å². The zero-order valence-corrected chi connectivity index (χ0v) is 12.6. The number of amides is 1. The lowest BCUT2D eigenvalue weighted by Crippen LogP contribution is -2.41. The second kappa shape index (κ2) is 5.74. The molecule has 0 saturated carbocycles. The summed E-state index contributed by atoms with van der Waals surface area (Å²) in [5, 5.41) is 0. The minimum absolute atomic E-state index is 0.166. The molecule has 0 saturated heterocycles. The molecule has 0 unspecified atom stereocenters. The predicted molar refractivity (Wildman–Crippen MR) is 78.0 cm³/mol. The first-order valence-corrected chi connectivity index (χ1v) is 8.14. The number of nitrogens with one attached hydrogen (secondary N) is 2. The number of carbonyl (C=O) groups is 1. The minimum atomic E-state index is -3.71. The van der Waals surface area contributed by atoms with Gasteiger partial charge in [-0.15, -0.1) is 16.2 Å². The number of benzene rings is 1. The van der Waals surface area contributed by atoms with Gasteiger partial charge in [-0.1, -0.05) is 17.7 Å². The maximum atomic E-state index is 11.9. The number of carbonyl (C=O) groups excluding carboxylic acids is 1. The quantitative estimate of drug-likeness (QED) is 0.848. The molecule has 0 aliphatic heterocycles. The molecule has 0 spiro atoms. The Balaban J connectivity index is 2.05. The van der Waals surface area contributed by atoms with Crippen LogP contribution < -0.4 is 10.3 Å². The van der Waals surface area contributed by atoms with Crippen molar-refractivity contribution in [3.63, 3.8) is 0 Å². The van der Waals surface area contributed by atoms with Crippen molar-refractivity contribution in [2.45, 2.75) is 18.1 Å². The molecule has 106 valence electrons. The number of thiophene rings is 1. The molecule has 0 radical (unpaired) electrons. The molecule has 1 aromatic carbocycles. The number of aryl methyl sites for hydroxylation is 2. The summed E-state index contributed by atoms with van der Waals surface area (Å²) >= 11 is 1.14. The Morgan fingerprint density at radius 1 is 1.05 bits per heavy atom. The van der Waals surface area contributed by atoms with Crippen LogP contribution >= 0.6 is 11.3 Å². The van der Waals surface area contributed by atoms with Gasteiger partial charge in [0.2, 0.25) is 0 Å². The summed E-state index contributed by atoms with van der Waals surface area (Å²) in [5.74, 6) is -0.498. The molecule has 7 heteroatoms. The van der Waals surface area contributed by atoms with Crippen molar-refractivity contribution in [1.82, 2.24) is 10.3 Å². The van der Waals surface area contributed by atoms with Gasteiger partial charge in [0.15, 0.2) is 0 Å². The van der Waals surface area contributed by atoms with E-state index >= 15 is 0 Å². The molecule has 5 nitrogen and oxygen atoms in total. The molecular weight excluding hydrogens is 296 g/mol. The topological polar surface area (TPSA) is 75.3 Å². The van der Waals surface area contributed by atoms with Crippen LogP contribution in [-0.4, -0.2) is 14.3 Å².